The van der Waals surface area contributed by atoms with Crippen molar-refractivity contribution in [3.63, 3.8) is 0 Å². The topological polar surface area (TPSA) is 41.9 Å². The predicted octanol–water partition coefficient (Wildman–Crippen LogP) is 1.98. The molecule has 0 aromatic carbocycles. The van der Waals surface area contributed by atoms with E-state index in [2.05, 4.69) is 21.7 Å². The van der Waals surface area contributed by atoms with Gasteiger partial charge < -0.3 is 14.6 Å². The van der Waals surface area contributed by atoms with E-state index in [0.717, 1.165) is 13.1 Å². The Balaban J connectivity index is 2.39. The van der Waals surface area contributed by atoms with Crippen LogP contribution in [0.5, 0.6) is 0 Å². The van der Waals surface area contributed by atoms with Crippen molar-refractivity contribution in [2.45, 2.75) is 32.6 Å². The monoisotopic (exact) mass is 287 g/mol. The molecule has 4 nitrogen and oxygen atoms in total. The molecule has 0 amide bonds. The molecular weight excluding hydrogens is 262 g/mol. The zero-order chi connectivity index (χ0) is 14.1. The molecule has 1 N–H and O–H groups in total. The first kappa shape index (κ1) is 16.6. The van der Waals surface area contributed by atoms with Crippen LogP contribution in [-0.4, -0.2) is 55.6 Å². The summed E-state index contributed by atoms with van der Waals surface area (Å²) in [6.07, 6.45) is -0.308. The van der Waals surface area contributed by atoms with Gasteiger partial charge in [0.2, 0.25) is 0 Å². The van der Waals surface area contributed by atoms with E-state index in [0.29, 0.717) is 19.8 Å². The van der Waals surface area contributed by atoms with E-state index in [9.17, 15) is 5.11 Å². The maximum Gasteiger partial charge on any atom is 0.0900 e. The van der Waals surface area contributed by atoms with Crippen molar-refractivity contribution < 1.29 is 14.6 Å². The average molecular weight is 287 g/mol. The molecule has 19 heavy (non-hydrogen) atoms. The molecular formula is C14H25NO3S. The summed E-state index contributed by atoms with van der Waals surface area (Å²) in [4.78, 5) is 2.19. The van der Waals surface area contributed by atoms with Crippen LogP contribution in [0.1, 0.15) is 19.4 Å². The number of aliphatic hydroxyl groups is 1. The summed E-state index contributed by atoms with van der Waals surface area (Å²) in [6.45, 7) is 7.25. The van der Waals surface area contributed by atoms with Crippen LogP contribution < -0.4 is 0 Å². The second-order valence-corrected chi connectivity index (χ2v) is 5.68. The molecule has 0 fully saturated rings. The van der Waals surface area contributed by atoms with Gasteiger partial charge in [-0.3, -0.25) is 4.90 Å². The van der Waals surface area contributed by atoms with Gasteiger partial charge in [-0.05, 0) is 36.2 Å². The Labute approximate surface area is 120 Å². The van der Waals surface area contributed by atoms with Crippen LogP contribution in [0, 0.1) is 0 Å². The zero-order valence-corrected chi connectivity index (χ0v) is 12.9. The summed E-state index contributed by atoms with van der Waals surface area (Å²) in [7, 11) is 1.70. The normalized spacial score (nSPS) is 13.4. The molecule has 0 radical (unpaired) electrons. The van der Waals surface area contributed by atoms with Gasteiger partial charge >= 0.3 is 0 Å². The van der Waals surface area contributed by atoms with Crippen molar-refractivity contribution >= 4 is 11.3 Å². The molecule has 1 heterocycles. The van der Waals surface area contributed by atoms with Crippen molar-refractivity contribution in [1.82, 2.24) is 4.90 Å². The Kier molecular flexibility index (Phi) is 8.25. The number of rotatable bonds is 10. The molecule has 1 aromatic rings. The Morgan fingerprint density at radius 3 is 2.79 bits per heavy atom. The largest absolute Gasteiger partial charge is 0.389 e. The minimum Gasteiger partial charge on any atom is -0.389 e. The summed E-state index contributed by atoms with van der Waals surface area (Å²) < 4.78 is 10.6. The second kappa shape index (κ2) is 9.44. The maximum atomic E-state index is 9.99. The first-order valence-corrected chi connectivity index (χ1v) is 7.58. The zero-order valence-electron chi connectivity index (χ0n) is 12.0. The van der Waals surface area contributed by atoms with Crippen molar-refractivity contribution in [1.29, 1.82) is 0 Å². The smallest absolute Gasteiger partial charge is 0.0900 e. The number of methoxy groups -OCH3 is 1. The fraction of sp³-hybridized carbons (Fsp3) is 0.714. The first-order chi connectivity index (χ1) is 9.11. The summed E-state index contributed by atoms with van der Waals surface area (Å²) >= 11 is 1.69. The highest BCUT2D eigenvalue weighted by Crippen LogP contribution is 2.10. The quantitative estimate of drug-likeness (QED) is 0.714. The van der Waals surface area contributed by atoms with E-state index in [1.54, 1.807) is 18.4 Å². The highest BCUT2D eigenvalue weighted by molar-refractivity contribution is 7.07. The molecule has 0 saturated heterocycles. The first-order valence-electron chi connectivity index (χ1n) is 6.64. The highest BCUT2D eigenvalue weighted by atomic mass is 32.1. The summed E-state index contributed by atoms with van der Waals surface area (Å²) in [5, 5.41) is 14.2. The molecule has 0 saturated carbocycles. The van der Waals surface area contributed by atoms with E-state index < -0.39 is 6.10 Å². The third-order valence-electron chi connectivity index (χ3n) is 2.69. The molecule has 0 aliphatic rings. The van der Waals surface area contributed by atoms with E-state index >= 15 is 0 Å². The third-order valence-corrected chi connectivity index (χ3v) is 3.42. The van der Waals surface area contributed by atoms with Crippen LogP contribution >= 0.6 is 11.3 Å². The highest BCUT2D eigenvalue weighted by Gasteiger charge is 2.13. The number of nitrogens with zero attached hydrogens (tertiary/aromatic N) is 1. The molecule has 1 unspecified atom stereocenters. The van der Waals surface area contributed by atoms with Gasteiger partial charge in [-0.2, -0.15) is 11.3 Å². The second-order valence-electron chi connectivity index (χ2n) is 4.90. The van der Waals surface area contributed by atoms with Gasteiger partial charge in [0.05, 0.1) is 25.4 Å². The number of thiophene rings is 1. The number of aliphatic hydroxyl groups excluding tert-OH is 1. The lowest BCUT2D eigenvalue weighted by atomic mass is 10.2. The van der Waals surface area contributed by atoms with Crippen molar-refractivity contribution in [2.24, 2.45) is 0 Å². The van der Waals surface area contributed by atoms with E-state index in [4.69, 9.17) is 9.47 Å². The molecule has 0 spiro atoms. The van der Waals surface area contributed by atoms with Crippen molar-refractivity contribution in [3.05, 3.63) is 22.4 Å². The standard InChI is InChI=1S/C14H25NO3S/c1-12(2)18-10-14(16)9-15(5-6-17-3)8-13-4-7-19-11-13/h4,7,11-12,14,16H,5-6,8-10H2,1-3H3. The van der Waals surface area contributed by atoms with Crippen molar-refractivity contribution in [2.75, 3.05) is 33.4 Å². The van der Waals surface area contributed by atoms with Crippen LogP contribution in [0.4, 0.5) is 0 Å². The molecule has 5 heteroatoms. The van der Waals surface area contributed by atoms with Gasteiger partial charge in [-0.25, -0.2) is 0 Å². The molecule has 0 aliphatic heterocycles. The Hall–Kier alpha value is -0.460. The maximum absolute atomic E-state index is 9.99. The third kappa shape index (κ3) is 7.64. The molecule has 0 aliphatic carbocycles. The van der Waals surface area contributed by atoms with E-state index in [-0.39, 0.29) is 6.10 Å². The van der Waals surface area contributed by atoms with Gasteiger partial charge in [0.15, 0.2) is 0 Å². The van der Waals surface area contributed by atoms with E-state index in [1.807, 2.05) is 13.8 Å². The lowest BCUT2D eigenvalue weighted by Crippen LogP contribution is -2.36. The van der Waals surface area contributed by atoms with Crippen LogP contribution in [0.25, 0.3) is 0 Å². The summed E-state index contributed by atoms with van der Waals surface area (Å²) in [6, 6.07) is 2.11. The Bertz CT molecular complexity index is 317. The predicted molar refractivity (Wildman–Crippen MR) is 78.6 cm³/mol. The van der Waals surface area contributed by atoms with Gasteiger partial charge in [-0.15, -0.1) is 0 Å². The molecule has 0 bridgehead atoms. The van der Waals surface area contributed by atoms with Gasteiger partial charge in [0, 0.05) is 26.7 Å². The van der Waals surface area contributed by atoms with Crippen LogP contribution in [-0.2, 0) is 16.0 Å². The summed E-state index contributed by atoms with van der Waals surface area (Å²) in [5.74, 6) is 0. The van der Waals surface area contributed by atoms with Crippen LogP contribution in [0.3, 0.4) is 0 Å². The fourth-order valence-corrected chi connectivity index (χ4v) is 2.41. The number of hydrogen-bond donors (Lipinski definition) is 1. The molecule has 1 aromatic heterocycles. The van der Waals surface area contributed by atoms with Gasteiger partial charge in [-0.1, -0.05) is 0 Å². The number of hydrogen-bond acceptors (Lipinski definition) is 5. The Morgan fingerprint density at radius 1 is 1.42 bits per heavy atom. The lowest BCUT2D eigenvalue weighted by Gasteiger charge is -2.24. The van der Waals surface area contributed by atoms with Crippen molar-refractivity contribution in [3.8, 4) is 0 Å². The van der Waals surface area contributed by atoms with Gasteiger partial charge in [0.25, 0.3) is 0 Å². The summed E-state index contributed by atoms with van der Waals surface area (Å²) in [5.41, 5.74) is 1.28. The fourth-order valence-electron chi connectivity index (χ4n) is 1.75. The lowest BCUT2D eigenvalue weighted by molar-refractivity contribution is -0.0121. The van der Waals surface area contributed by atoms with Gasteiger partial charge in [0.1, 0.15) is 0 Å². The minimum absolute atomic E-state index is 0.152. The minimum atomic E-state index is -0.460. The van der Waals surface area contributed by atoms with Crippen LogP contribution in [0.2, 0.25) is 0 Å². The van der Waals surface area contributed by atoms with Crippen LogP contribution in [0.15, 0.2) is 16.8 Å². The Morgan fingerprint density at radius 2 is 2.21 bits per heavy atom. The van der Waals surface area contributed by atoms with E-state index in [1.165, 1.54) is 5.56 Å². The molecule has 110 valence electrons. The SMILES string of the molecule is COCCN(Cc1ccsc1)CC(O)COC(C)C. The molecule has 1 atom stereocenters. The number of ether oxygens (including phenoxy) is 2. The average Bonchev–Trinajstić information content (AvgIpc) is 2.86. The molecule has 1 rings (SSSR count).